The number of carbonyl (C=O) groups is 4. The zero-order valence-electron chi connectivity index (χ0n) is 18.2. The Bertz CT molecular complexity index is 1070. The van der Waals surface area contributed by atoms with Crippen molar-refractivity contribution < 1.29 is 19.2 Å². The molecule has 1 aliphatic heterocycles. The average Bonchev–Trinajstić information content (AvgIpc) is 3.00. The van der Waals surface area contributed by atoms with E-state index in [1.165, 1.54) is 0 Å². The maximum atomic E-state index is 12.5. The Labute approximate surface area is 191 Å². The molecule has 1 fully saturated rings. The van der Waals surface area contributed by atoms with E-state index in [9.17, 15) is 19.2 Å². The fourth-order valence-electron chi connectivity index (χ4n) is 3.24. The third kappa shape index (κ3) is 6.07. The highest BCUT2D eigenvalue weighted by Crippen LogP contribution is 2.31. The fraction of sp³-hybridized carbons (Fsp3) is 0.250. The first kappa shape index (κ1) is 23.3. The number of rotatable bonds is 7. The third-order valence-corrected chi connectivity index (χ3v) is 5.71. The standard InChI is InChI=1S/C24H25N3O4S/c1-15-4-6-18(7-5-15)13-20-23(30)27(24(31)32-20)9-8-25-21(28)14-26-22(29)19-11-16(2)10-17(3)12-19/h4-7,10-13H,8-9,14H2,1-3H3,(H,25,28)(H,26,29). The second kappa shape index (κ2) is 10.3. The molecule has 0 aromatic heterocycles. The lowest BCUT2D eigenvalue weighted by molar-refractivity contribution is -0.124. The van der Waals surface area contributed by atoms with E-state index in [-0.39, 0.29) is 36.7 Å². The van der Waals surface area contributed by atoms with Gasteiger partial charge < -0.3 is 10.6 Å². The van der Waals surface area contributed by atoms with Crippen LogP contribution < -0.4 is 10.6 Å². The summed E-state index contributed by atoms with van der Waals surface area (Å²) in [7, 11) is 0. The monoisotopic (exact) mass is 451 g/mol. The Kier molecular flexibility index (Phi) is 7.48. The molecule has 0 atom stereocenters. The van der Waals surface area contributed by atoms with Crippen LogP contribution in [0.25, 0.3) is 6.08 Å². The molecule has 2 N–H and O–H groups in total. The molecule has 0 bridgehead atoms. The molecule has 0 spiro atoms. The largest absolute Gasteiger partial charge is 0.353 e. The highest BCUT2D eigenvalue weighted by atomic mass is 32.2. The lowest BCUT2D eigenvalue weighted by atomic mass is 10.1. The lowest BCUT2D eigenvalue weighted by Gasteiger charge is -2.13. The molecule has 0 radical (unpaired) electrons. The Balaban J connectivity index is 1.46. The number of thioether (sulfide) groups is 1. The molecule has 8 heteroatoms. The summed E-state index contributed by atoms with van der Waals surface area (Å²) in [6, 6.07) is 13.1. The molecule has 1 heterocycles. The van der Waals surface area contributed by atoms with Gasteiger partial charge in [0.2, 0.25) is 5.91 Å². The maximum Gasteiger partial charge on any atom is 0.293 e. The van der Waals surface area contributed by atoms with Gasteiger partial charge in [-0.25, -0.2) is 0 Å². The molecule has 2 aromatic carbocycles. The summed E-state index contributed by atoms with van der Waals surface area (Å²) in [5, 5.41) is 4.83. The normalized spacial score (nSPS) is 14.7. The van der Waals surface area contributed by atoms with Gasteiger partial charge in [-0.2, -0.15) is 0 Å². The average molecular weight is 452 g/mol. The molecule has 166 valence electrons. The number of hydrogen-bond acceptors (Lipinski definition) is 5. The van der Waals surface area contributed by atoms with E-state index in [0.29, 0.717) is 10.5 Å². The van der Waals surface area contributed by atoms with Crippen LogP contribution in [0.2, 0.25) is 0 Å². The Morgan fingerprint density at radius 2 is 1.59 bits per heavy atom. The Morgan fingerprint density at radius 3 is 2.25 bits per heavy atom. The number of hydrogen-bond donors (Lipinski definition) is 2. The molecule has 0 aliphatic carbocycles. The van der Waals surface area contributed by atoms with Crippen molar-refractivity contribution in [2.45, 2.75) is 20.8 Å². The first-order valence-electron chi connectivity index (χ1n) is 10.2. The molecule has 0 unspecified atom stereocenters. The molecule has 4 amide bonds. The zero-order valence-corrected chi connectivity index (χ0v) is 19.0. The van der Waals surface area contributed by atoms with E-state index in [1.54, 1.807) is 18.2 Å². The van der Waals surface area contributed by atoms with Gasteiger partial charge in [0.25, 0.3) is 17.1 Å². The second-order valence-electron chi connectivity index (χ2n) is 7.65. The van der Waals surface area contributed by atoms with Crippen molar-refractivity contribution >= 4 is 40.8 Å². The van der Waals surface area contributed by atoms with Crippen molar-refractivity contribution in [1.82, 2.24) is 15.5 Å². The molecule has 0 saturated carbocycles. The zero-order chi connectivity index (χ0) is 23.3. The van der Waals surface area contributed by atoms with Crippen molar-refractivity contribution in [3.63, 3.8) is 0 Å². The molecule has 1 aliphatic rings. The van der Waals surface area contributed by atoms with Gasteiger partial charge in [-0.15, -0.1) is 0 Å². The fourth-order valence-corrected chi connectivity index (χ4v) is 4.11. The Morgan fingerprint density at radius 1 is 0.938 bits per heavy atom. The number of carbonyl (C=O) groups excluding carboxylic acids is 4. The molecular formula is C24H25N3O4S. The van der Waals surface area contributed by atoms with E-state index < -0.39 is 5.91 Å². The summed E-state index contributed by atoms with van der Waals surface area (Å²) in [6.07, 6.45) is 1.69. The smallest absolute Gasteiger partial charge is 0.293 e. The number of nitrogens with zero attached hydrogens (tertiary/aromatic N) is 1. The summed E-state index contributed by atoms with van der Waals surface area (Å²) in [4.78, 5) is 50.5. The number of amides is 4. The number of imide groups is 1. The second-order valence-corrected chi connectivity index (χ2v) is 8.65. The third-order valence-electron chi connectivity index (χ3n) is 4.80. The molecule has 7 nitrogen and oxygen atoms in total. The van der Waals surface area contributed by atoms with Gasteiger partial charge in [-0.3, -0.25) is 24.1 Å². The van der Waals surface area contributed by atoms with Gasteiger partial charge in [0, 0.05) is 18.7 Å². The van der Waals surface area contributed by atoms with Crippen LogP contribution in [0.4, 0.5) is 4.79 Å². The van der Waals surface area contributed by atoms with Crippen LogP contribution >= 0.6 is 11.8 Å². The van der Waals surface area contributed by atoms with Crippen molar-refractivity contribution in [2.24, 2.45) is 0 Å². The molecule has 1 saturated heterocycles. The quantitative estimate of drug-likeness (QED) is 0.631. The van der Waals surface area contributed by atoms with Gasteiger partial charge in [0.15, 0.2) is 0 Å². The summed E-state index contributed by atoms with van der Waals surface area (Å²) in [6.45, 7) is 5.75. The van der Waals surface area contributed by atoms with Crippen molar-refractivity contribution in [3.05, 3.63) is 75.2 Å². The van der Waals surface area contributed by atoms with Gasteiger partial charge >= 0.3 is 0 Å². The van der Waals surface area contributed by atoms with Gasteiger partial charge in [-0.1, -0.05) is 47.0 Å². The predicted molar refractivity (Wildman–Crippen MR) is 125 cm³/mol. The summed E-state index contributed by atoms with van der Waals surface area (Å²) < 4.78 is 0. The number of benzene rings is 2. The highest BCUT2D eigenvalue weighted by molar-refractivity contribution is 8.18. The van der Waals surface area contributed by atoms with Gasteiger partial charge in [0.05, 0.1) is 11.4 Å². The predicted octanol–water partition coefficient (Wildman–Crippen LogP) is 3.19. The topological polar surface area (TPSA) is 95.6 Å². The molecule has 32 heavy (non-hydrogen) atoms. The van der Waals surface area contributed by atoms with Gasteiger partial charge in [-0.05, 0) is 56.3 Å². The first-order valence-corrected chi connectivity index (χ1v) is 11.0. The molecule has 3 rings (SSSR count). The highest BCUT2D eigenvalue weighted by Gasteiger charge is 2.34. The Hall–Kier alpha value is -3.39. The van der Waals surface area contributed by atoms with Crippen molar-refractivity contribution in [2.75, 3.05) is 19.6 Å². The number of nitrogens with one attached hydrogen (secondary N) is 2. The van der Waals surface area contributed by atoms with E-state index >= 15 is 0 Å². The minimum atomic E-state index is -0.398. The minimum absolute atomic E-state index is 0.0622. The van der Waals surface area contributed by atoms with Crippen LogP contribution in [0, 0.1) is 20.8 Å². The summed E-state index contributed by atoms with van der Waals surface area (Å²) in [5.74, 6) is -1.11. The van der Waals surface area contributed by atoms with Crippen LogP contribution in [-0.2, 0) is 9.59 Å². The van der Waals surface area contributed by atoms with Crippen molar-refractivity contribution in [3.8, 4) is 0 Å². The van der Waals surface area contributed by atoms with Crippen molar-refractivity contribution in [1.29, 1.82) is 0 Å². The first-order chi connectivity index (χ1) is 15.2. The van der Waals surface area contributed by atoms with Crippen LogP contribution in [-0.4, -0.2) is 47.5 Å². The van der Waals surface area contributed by atoms with Gasteiger partial charge in [0.1, 0.15) is 0 Å². The minimum Gasteiger partial charge on any atom is -0.353 e. The lowest BCUT2D eigenvalue weighted by Crippen LogP contribution is -2.41. The molecular weight excluding hydrogens is 426 g/mol. The van der Waals surface area contributed by atoms with E-state index in [2.05, 4.69) is 10.6 Å². The number of aryl methyl sites for hydroxylation is 3. The van der Waals surface area contributed by atoms with Crippen LogP contribution in [0.1, 0.15) is 32.6 Å². The summed E-state index contributed by atoms with van der Waals surface area (Å²) >= 11 is 0.883. The van der Waals surface area contributed by atoms with E-state index in [4.69, 9.17) is 0 Å². The van der Waals surface area contributed by atoms with E-state index in [1.807, 2.05) is 51.1 Å². The van der Waals surface area contributed by atoms with Crippen LogP contribution in [0.5, 0.6) is 0 Å². The summed E-state index contributed by atoms with van der Waals surface area (Å²) in [5.41, 5.74) is 4.38. The SMILES string of the molecule is Cc1ccc(C=C2SC(=O)N(CCNC(=O)CNC(=O)c3cc(C)cc(C)c3)C2=O)cc1. The van der Waals surface area contributed by atoms with Crippen LogP contribution in [0.15, 0.2) is 47.4 Å². The maximum absolute atomic E-state index is 12.5. The molecule has 2 aromatic rings. The van der Waals surface area contributed by atoms with Crippen LogP contribution in [0.3, 0.4) is 0 Å². The van der Waals surface area contributed by atoms with E-state index in [0.717, 1.165) is 38.9 Å².